The topological polar surface area (TPSA) is 95.1 Å². The molecule has 0 fully saturated rings. The number of methoxy groups -OCH3 is 1. The lowest BCUT2D eigenvalue weighted by molar-refractivity contribution is 0.180. The zero-order valence-corrected chi connectivity index (χ0v) is 18.4. The maximum atomic E-state index is 11.3. The number of halogens is 1. The Morgan fingerprint density at radius 3 is 2.38 bits per heavy atom. The van der Waals surface area contributed by atoms with Crippen LogP contribution in [0.15, 0.2) is 4.99 Å². The third-order valence-corrected chi connectivity index (χ3v) is 4.65. The van der Waals surface area contributed by atoms with E-state index in [4.69, 9.17) is 4.74 Å². The molecular formula is C14H34IN5O3S. The van der Waals surface area contributed by atoms with Crippen LogP contribution in [0.1, 0.15) is 19.8 Å². The molecule has 0 radical (unpaired) electrons. The average Bonchev–Trinajstić information content (AvgIpc) is 2.53. The Balaban J connectivity index is 0. The highest BCUT2D eigenvalue weighted by molar-refractivity contribution is 14.0. The fourth-order valence-electron chi connectivity index (χ4n) is 1.80. The van der Waals surface area contributed by atoms with Gasteiger partial charge in [0.2, 0.25) is 10.0 Å². The first kappa shape index (κ1) is 26.1. The van der Waals surface area contributed by atoms with Gasteiger partial charge in [-0.3, -0.25) is 4.99 Å². The van der Waals surface area contributed by atoms with Crippen LogP contribution in [0, 0.1) is 0 Å². The molecule has 0 aromatic rings. The van der Waals surface area contributed by atoms with Gasteiger partial charge in [-0.2, -0.15) is 0 Å². The minimum absolute atomic E-state index is 0. The van der Waals surface area contributed by atoms with E-state index in [0.29, 0.717) is 19.5 Å². The fourth-order valence-corrected chi connectivity index (χ4v) is 2.46. The van der Waals surface area contributed by atoms with Crippen LogP contribution in [-0.2, 0) is 14.8 Å². The van der Waals surface area contributed by atoms with Crippen LogP contribution in [-0.4, -0.2) is 85.6 Å². The molecule has 0 aromatic heterocycles. The molecule has 0 unspecified atom stereocenters. The van der Waals surface area contributed by atoms with E-state index in [1.165, 1.54) is 0 Å². The standard InChI is InChI=1S/C14H33N5O3S.HI/c1-5-23(20,21)18-9-6-8-16-14(15-2)17-10-12-19(3)11-7-13-22-4;/h18H,5-13H2,1-4H3,(H2,15,16,17);1H. The summed E-state index contributed by atoms with van der Waals surface area (Å²) in [5.74, 6) is 0.843. The average molecular weight is 479 g/mol. The number of rotatable bonds is 13. The Morgan fingerprint density at radius 1 is 1.12 bits per heavy atom. The van der Waals surface area contributed by atoms with Gasteiger partial charge in [0.1, 0.15) is 0 Å². The maximum Gasteiger partial charge on any atom is 0.211 e. The van der Waals surface area contributed by atoms with E-state index in [9.17, 15) is 8.42 Å². The van der Waals surface area contributed by atoms with Crippen LogP contribution in [0.3, 0.4) is 0 Å². The molecule has 8 nitrogen and oxygen atoms in total. The van der Waals surface area contributed by atoms with E-state index in [-0.39, 0.29) is 29.7 Å². The van der Waals surface area contributed by atoms with Gasteiger partial charge in [0.05, 0.1) is 5.75 Å². The lowest BCUT2D eigenvalue weighted by Gasteiger charge is -2.18. The molecule has 0 amide bonds. The minimum atomic E-state index is -3.10. The highest BCUT2D eigenvalue weighted by atomic mass is 127. The Morgan fingerprint density at radius 2 is 1.79 bits per heavy atom. The van der Waals surface area contributed by atoms with Gasteiger partial charge in [-0.05, 0) is 26.8 Å². The molecule has 0 heterocycles. The number of hydrogen-bond donors (Lipinski definition) is 3. The van der Waals surface area contributed by atoms with E-state index >= 15 is 0 Å². The second-order valence-electron chi connectivity index (χ2n) is 5.23. The predicted molar refractivity (Wildman–Crippen MR) is 111 cm³/mol. The van der Waals surface area contributed by atoms with E-state index in [1.807, 2.05) is 0 Å². The number of ether oxygens (including phenoxy) is 1. The first-order valence-corrected chi connectivity index (χ1v) is 9.69. The molecular weight excluding hydrogens is 445 g/mol. The Bertz CT molecular complexity index is 421. The summed E-state index contributed by atoms with van der Waals surface area (Å²) < 4.78 is 30.1. The molecule has 0 aliphatic carbocycles. The summed E-state index contributed by atoms with van der Waals surface area (Å²) in [6, 6.07) is 0. The van der Waals surface area contributed by atoms with Gasteiger partial charge in [-0.15, -0.1) is 24.0 Å². The van der Waals surface area contributed by atoms with Gasteiger partial charge >= 0.3 is 0 Å². The van der Waals surface area contributed by atoms with Crippen LogP contribution in [0.5, 0.6) is 0 Å². The Labute approximate surface area is 164 Å². The minimum Gasteiger partial charge on any atom is -0.385 e. The molecule has 0 aromatic carbocycles. The quantitative estimate of drug-likeness (QED) is 0.150. The second-order valence-corrected chi connectivity index (χ2v) is 7.32. The first-order valence-electron chi connectivity index (χ1n) is 8.04. The van der Waals surface area contributed by atoms with Crippen molar-refractivity contribution in [3.8, 4) is 0 Å². The number of sulfonamides is 1. The third kappa shape index (κ3) is 15.4. The molecule has 146 valence electrons. The lowest BCUT2D eigenvalue weighted by atomic mass is 10.4. The van der Waals surface area contributed by atoms with Crippen LogP contribution >= 0.6 is 24.0 Å². The first-order chi connectivity index (χ1) is 10.9. The Hall–Kier alpha value is -0.170. The molecule has 0 rings (SSSR count). The van der Waals surface area contributed by atoms with Crippen molar-refractivity contribution in [2.24, 2.45) is 4.99 Å². The smallest absolute Gasteiger partial charge is 0.211 e. The monoisotopic (exact) mass is 479 g/mol. The zero-order chi connectivity index (χ0) is 17.6. The molecule has 0 spiro atoms. The molecule has 0 atom stereocenters. The van der Waals surface area contributed by atoms with Gasteiger partial charge in [0.25, 0.3) is 0 Å². The summed E-state index contributed by atoms with van der Waals surface area (Å²) in [6.45, 7) is 6.21. The van der Waals surface area contributed by atoms with Gasteiger partial charge in [-0.25, -0.2) is 13.1 Å². The van der Waals surface area contributed by atoms with E-state index in [1.54, 1.807) is 21.1 Å². The third-order valence-electron chi connectivity index (χ3n) is 3.25. The fraction of sp³-hybridized carbons (Fsp3) is 0.929. The van der Waals surface area contributed by atoms with Crippen molar-refractivity contribution in [1.82, 2.24) is 20.3 Å². The number of nitrogens with one attached hydrogen (secondary N) is 3. The van der Waals surface area contributed by atoms with Crippen LogP contribution in [0.25, 0.3) is 0 Å². The van der Waals surface area contributed by atoms with Crippen molar-refractivity contribution in [2.75, 3.05) is 66.3 Å². The number of aliphatic imine (C=N–C) groups is 1. The van der Waals surface area contributed by atoms with Crippen LogP contribution < -0.4 is 15.4 Å². The van der Waals surface area contributed by atoms with Crippen molar-refractivity contribution in [2.45, 2.75) is 19.8 Å². The summed E-state index contributed by atoms with van der Waals surface area (Å²) in [6.07, 6.45) is 1.73. The summed E-state index contributed by atoms with van der Waals surface area (Å²) in [7, 11) is 2.41. The summed E-state index contributed by atoms with van der Waals surface area (Å²) in [4.78, 5) is 6.38. The molecule has 0 saturated heterocycles. The molecule has 10 heteroatoms. The normalized spacial score (nSPS) is 12.1. The summed E-state index contributed by atoms with van der Waals surface area (Å²) in [5, 5.41) is 6.40. The molecule has 0 aliphatic heterocycles. The molecule has 3 N–H and O–H groups in total. The predicted octanol–water partition coefficient (Wildman–Crippen LogP) is 0.0671. The highest BCUT2D eigenvalue weighted by Gasteiger charge is 2.04. The van der Waals surface area contributed by atoms with Gasteiger partial charge in [-0.1, -0.05) is 0 Å². The van der Waals surface area contributed by atoms with E-state index in [2.05, 4.69) is 32.3 Å². The Kier molecular flexibility index (Phi) is 17.7. The van der Waals surface area contributed by atoms with Gasteiger partial charge in [0, 0.05) is 53.5 Å². The number of hydrogen-bond acceptors (Lipinski definition) is 5. The second kappa shape index (κ2) is 16.3. The van der Waals surface area contributed by atoms with Crippen molar-refractivity contribution in [3.63, 3.8) is 0 Å². The largest absolute Gasteiger partial charge is 0.385 e. The molecule has 0 bridgehead atoms. The van der Waals surface area contributed by atoms with Crippen molar-refractivity contribution >= 4 is 40.0 Å². The lowest BCUT2D eigenvalue weighted by Crippen LogP contribution is -2.42. The summed E-state index contributed by atoms with van der Waals surface area (Å²) in [5.41, 5.74) is 0. The maximum absolute atomic E-state index is 11.3. The SMILES string of the molecule is CCS(=O)(=O)NCCCNC(=NC)NCCN(C)CCCOC.I. The van der Waals surface area contributed by atoms with E-state index < -0.39 is 10.0 Å². The van der Waals surface area contributed by atoms with Crippen molar-refractivity contribution < 1.29 is 13.2 Å². The number of likely N-dealkylation sites (N-methyl/N-ethyl adjacent to an activating group) is 1. The van der Waals surface area contributed by atoms with Crippen molar-refractivity contribution in [1.29, 1.82) is 0 Å². The molecule has 0 aliphatic rings. The van der Waals surface area contributed by atoms with Gasteiger partial charge in [0.15, 0.2) is 5.96 Å². The number of guanidine groups is 1. The molecule has 0 saturated carbocycles. The number of nitrogens with zero attached hydrogens (tertiary/aromatic N) is 2. The molecule has 24 heavy (non-hydrogen) atoms. The van der Waals surface area contributed by atoms with Crippen LogP contribution in [0.2, 0.25) is 0 Å². The van der Waals surface area contributed by atoms with Crippen LogP contribution in [0.4, 0.5) is 0 Å². The summed E-state index contributed by atoms with van der Waals surface area (Å²) >= 11 is 0. The zero-order valence-electron chi connectivity index (χ0n) is 15.3. The van der Waals surface area contributed by atoms with Gasteiger partial charge < -0.3 is 20.3 Å². The van der Waals surface area contributed by atoms with Crippen molar-refractivity contribution in [3.05, 3.63) is 0 Å². The van der Waals surface area contributed by atoms with E-state index in [0.717, 1.165) is 38.6 Å². The highest BCUT2D eigenvalue weighted by Crippen LogP contribution is 1.87.